The fraction of sp³-hybridized carbons (Fsp3) is 0.316. The fourth-order valence-corrected chi connectivity index (χ4v) is 2.80. The maximum absolute atomic E-state index is 13.5. The molecule has 150 valence electrons. The maximum atomic E-state index is 13.5. The highest BCUT2D eigenvalue weighted by Crippen LogP contribution is 2.34. The van der Waals surface area contributed by atoms with Crippen LogP contribution in [0.25, 0.3) is 0 Å². The van der Waals surface area contributed by atoms with Gasteiger partial charge in [-0.25, -0.2) is 4.39 Å². The molecule has 0 radical (unpaired) electrons. The van der Waals surface area contributed by atoms with Crippen LogP contribution in [-0.2, 0) is 0 Å². The first-order valence-electron chi connectivity index (χ1n) is 8.39. The SMILES string of the molecule is COc1cc(C(=O)NCC(c2cccc(F)c2)N(C)C)c([N+](=O)[O-])cc1OC. The topological polar surface area (TPSA) is 93.9 Å². The van der Waals surface area contributed by atoms with E-state index in [0.717, 1.165) is 6.07 Å². The van der Waals surface area contributed by atoms with E-state index in [4.69, 9.17) is 9.47 Å². The maximum Gasteiger partial charge on any atom is 0.286 e. The van der Waals surface area contributed by atoms with Gasteiger partial charge in [0, 0.05) is 12.6 Å². The summed E-state index contributed by atoms with van der Waals surface area (Å²) in [4.78, 5) is 25.2. The lowest BCUT2D eigenvalue weighted by Crippen LogP contribution is -2.34. The van der Waals surface area contributed by atoms with Crippen LogP contribution in [0, 0.1) is 15.9 Å². The largest absolute Gasteiger partial charge is 0.493 e. The van der Waals surface area contributed by atoms with Gasteiger partial charge in [0.15, 0.2) is 11.5 Å². The number of carbonyl (C=O) groups is 1. The van der Waals surface area contributed by atoms with Gasteiger partial charge >= 0.3 is 0 Å². The number of nitro groups is 1. The summed E-state index contributed by atoms with van der Waals surface area (Å²) in [5.41, 5.74) is 0.119. The highest BCUT2D eigenvalue weighted by atomic mass is 19.1. The first-order valence-corrected chi connectivity index (χ1v) is 8.39. The molecule has 2 aromatic rings. The molecule has 0 bridgehead atoms. The molecule has 28 heavy (non-hydrogen) atoms. The van der Waals surface area contributed by atoms with Gasteiger partial charge in [-0.2, -0.15) is 0 Å². The van der Waals surface area contributed by atoms with Crippen molar-refractivity contribution in [1.29, 1.82) is 0 Å². The molecule has 0 aliphatic heterocycles. The molecule has 1 atom stereocenters. The average molecular weight is 391 g/mol. The van der Waals surface area contributed by atoms with Crippen molar-refractivity contribution in [2.45, 2.75) is 6.04 Å². The van der Waals surface area contributed by atoms with E-state index in [2.05, 4.69) is 5.32 Å². The third-order valence-corrected chi connectivity index (χ3v) is 4.26. The number of nitrogens with zero attached hydrogens (tertiary/aromatic N) is 2. The zero-order valence-electron chi connectivity index (χ0n) is 16.1. The summed E-state index contributed by atoms with van der Waals surface area (Å²) in [5, 5.41) is 14.1. The Kier molecular flexibility index (Phi) is 6.89. The van der Waals surface area contributed by atoms with Crippen LogP contribution in [0.2, 0.25) is 0 Å². The Morgan fingerprint density at radius 1 is 1.21 bits per heavy atom. The van der Waals surface area contributed by atoms with Gasteiger partial charge in [-0.15, -0.1) is 0 Å². The minimum atomic E-state index is -0.660. The Balaban J connectivity index is 2.29. The van der Waals surface area contributed by atoms with Crippen molar-refractivity contribution in [2.24, 2.45) is 0 Å². The van der Waals surface area contributed by atoms with Crippen molar-refractivity contribution in [3.63, 3.8) is 0 Å². The van der Waals surface area contributed by atoms with Gasteiger partial charge in [0.25, 0.3) is 11.6 Å². The van der Waals surface area contributed by atoms with E-state index < -0.39 is 16.5 Å². The van der Waals surface area contributed by atoms with E-state index in [0.29, 0.717) is 5.56 Å². The van der Waals surface area contributed by atoms with E-state index in [1.165, 1.54) is 32.4 Å². The molecular formula is C19H22FN3O5. The molecule has 1 unspecified atom stereocenters. The highest BCUT2D eigenvalue weighted by Gasteiger charge is 2.25. The van der Waals surface area contributed by atoms with E-state index in [1.807, 2.05) is 4.90 Å². The van der Waals surface area contributed by atoms with Gasteiger partial charge < -0.3 is 19.7 Å². The molecule has 8 nitrogen and oxygen atoms in total. The number of hydrogen-bond acceptors (Lipinski definition) is 6. The third kappa shape index (κ3) is 4.74. The van der Waals surface area contributed by atoms with Crippen molar-refractivity contribution in [1.82, 2.24) is 10.2 Å². The monoisotopic (exact) mass is 391 g/mol. The van der Waals surface area contributed by atoms with Crippen molar-refractivity contribution < 1.29 is 23.6 Å². The Bertz CT molecular complexity index is 873. The second kappa shape index (κ2) is 9.14. The Labute approximate surface area is 162 Å². The number of methoxy groups -OCH3 is 2. The molecule has 2 aromatic carbocycles. The van der Waals surface area contributed by atoms with Crippen LogP contribution < -0.4 is 14.8 Å². The highest BCUT2D eigenvalue weighted by molar-refractivity contribution is 5.99. The lowest BCUT2D eigenvalue weighted by molar-refractivity contribution is -0.385. The smallest absolute Gasteiger partial charge is 0.286 e. The fourth-order valence-electron chi connectivity index (χ4n) is 2.80. The normalized spacial score (nSPS) is 11.8. The van der Waals surface area contributed by atoms with Crippen LogP contribution >= 0.6 is 0 Å². The zero-order chi connectivity index (χ0) is 20.8. The van der Waals surface area contributed by atoms with Gasteiger partial charge in [0.1, 0.15) is 11.4 Å². The molecule has 0 aromatic heterocycles. The summed E-state index contributed by atoms with van der Waals surface area (Å²) >= 11 is 0. The number of carbonyl (C=O) groups excluding carboxylic acids is 1. The number of nitrogens with one attached hydrogen (secondary N) is 1. The molecule has 2 rings (SSSR count). The van der Waals surface area contributed by atoms with Gasteiger partial charge in [-0.1, -0.05) is 12.1 Å². The quantitative estimate of drug-likeness (QED) is 0.549. The summed E-state index contributed by atoms with van der Waals surface area (Å²) in [5.74, 6) is -0.675. The predicted octanol–water partition coefficient (Wildman–Crippen LogP) is 2.78. The molecule has 9 heteroatoms. The first kappa shape index (κ1) is 21.1. The average Bonchev–Trinajstić information content (AvgIpc) is 2.66. The standard InChI is InChI=1S/C19H22FN3O5/c1-22(2)16(12-6-5-7-13(20)8-12)11-21-19(24)14-9-17(27-3)18(28-4)10-15(14)23(25)26/h5-10,16H,11H2,1-4H3,(H,21,24). The first-order chi connectivity index (χ1) is 13.3. The summed E-state index contributed by atoms with van der Waals surface area (Å²) < 4.78 is 23.7. The van der Waals surface area contributed by atoms with Crippen LogP contribution in [0.3, 0.4) is 0 Å². The van der Waals surface area contributed by atoms with Gasteiger partial charge in [-0.3, -0.25) is 14.9 Å². The molecule has 0 saturated carbocycles. The summed E-state index contributed by atoms with van der Waals surface area (Å²) in [6, 6.07) is 8.14. The molecule has 1 N–H and O–H groups in total. The van der Waals surface area contributed by atoms with Crippen molar-refractivity contribution >= 4 is 11.6 Å². The van der Waals surface area contributed by atoms with Gasteiger partial charge in [-0.05, 0) is 31.8 Å². The molecule has 0 aliphatic rings. The number of likely N-dealkylation sites (N-methyl/N-ethyl adjacent to an activating group) is 1. The minimum Gasteiger partial charge on any atom is -0.493 e. The molecule has 0 fully saturated rings. The second-order valence-electron chi connectivity index (χ2n) is 6.23. The molecule has 0 saturated heterocycles. The van der Waals surface area contributed by atoms with Gasteiger partial charge in [0.2, 0.25) is 0 Å². The Morgan fingerprint density at radius 3 is 2.39 bits per heavy atom. The zero-order valence-corrected chi connectivity index (χ0v) is 16.1. The number of halogens is 1. The number of benzene rings is 2. The molecule has 0 heterocycles. The van der Waals surface area contributed by atoms with Gasteiger partial charge in [0.05, 0.1) is 31.3 Å². The lowest BCUT2D eigenvalue weighted by atomic mass is 10.1. The summed E-state index contributed by atoms with van der Waals surface area (Å²) in [6.07, 6.45) is 0. The lowest BCUT2D eigenvalue weighted by Gasteiger charge is -2.25. The van der Waals surface area contributed by atoms with Crippen LogP contribution in [-0.4, -0.2) is 50.6 Å². The number of amides is 1. The third-order valence-electron chi connectivity index (χ3n) is 4.26. The van der Waals surface area contributed by atoms with E-state index in [9.17, 15) is 19.3 Å². The molecular weight excluding hydrogens is 369 g/mol. The molecule has 0 spiro atoms. The van der Waals surface area contributed by atoms with Crippen LogP contribution in [0.4, 0.5) is 10.1 Å². The number of hydrogen-bond donors (Lipinski definition) is 1. The Hall–Kier alpha value is -3.20. The summed E-state index contributed by atoms with van der Waals surface area (Å²) in [7, 11) is 6.31. The molecule has 1 amide bonds. The second-order valence-corrected chi connectivity index (χ2v) is 6.23. The number of nitro benzene ring substituents is 1. The van der Waals surface area contributed by atoms with Crippen LogP contribution in [0.15, 0.2) is 36.4 Å². The van der Waals surface area contributed by atoms with E-state index in [1.54, 1.807) is 26.2 Å². The predicted molar refractivity (Wildman–Crippen MR) is 101 cm³/mol. The number of rotatable bonds is 8. The van der Waals surface area contributed by atoms with Crippen LogP contribution in [0.5, 0.6) is 11.5 Å². The van der Waals surface area contributed by atoms with Crippen molar-refractivity contribution in [3.05, 3.63) is 63.5 Å². The van der Waals surface area contributed by atoms with E-state index >= 15 is 0 Å². The summed E-state index contributed by atoms with van der Waals surface area (Å²) in [6.45, 7) is 0.126. The molecule has 0 aliphatic carbocycles. The van der Waals surface area contributed by atoms with Crippen molar-refractivity contribution in [3.8, 4) is 11.5 Å². The number of ether oxygens (including phenoxy) is 2. The van der Waals surface area contributed by atoms with Crippen LogP contribution in [0.1, 0.15) is 22.0 Å². The van der Waals surface area contributed by atoms with E-state index in [-0.39, 0.29) is 35.5 Å². The van der Waals surface area contributed by atoms with Crippen molar-refractivity contribution in [2.75, 3.05) is 34.9 Å². The Morgan fingerprint density at radius 2 is 1.86 bits per heavy atom. The minimum absolute atomic E-state index is 0.126.